The van der Waals surface area contributed by atoms with E-state index in [1.807, 2.05) is 6.08 Å². The molecule has 0 unspecified atom stereocenters. The van der Waals surface area contributed by atoms with Crippen molar-refractivity contribution in [2.24, 2.45) is 17.3 Å². The van der Waals surface area contributed by atoms with Gasteiger partial charge in [-0.3, -0.25) is 0 Å². The Kier molecular flexibility index (Phi) is 6.88. The molecule has 3 heterocycles. The maximum Gasteiger partial charge on any atom is 0.227 e. The van der Waals surface area contributed by atoms with Crippen LogP contribution >= 0.6 is 0 Å². The second-order valence-electron chi connectivity index (χ2n) is 12.6. The standard InChI is InChI=1S/C31H45N5/c1-8-27-22(4)33-30(34-29(27)32-23(5)28-12-11-20(2)14-21(28)3)36-18-25(19-36)24-10-9-13-35(17-24)26-15-31(6,7)16-26/h8,11-12,14,23-26H,1,9-10,13,15-19H2,2-7H3,(H,32,33,34)/t23-,24+/m1/s1. The Morgan fingerprint density at radius 1 is 1.08 bits per heavy atom. The monoisotopic (exact) mass is 487 g/mol. The Morgan fingerprint density at radius 3 is 2.50 bits per heavy atom. The van der Waals surface area contributed by atoms with Crippen molar-refractivity contribution in [3.8, 4) is 0 Å². The van der Waals surface area contributed by atoms with E-state index in [9.17, 15) is 0 Å². The zero-order valence-electron chi connectivity index (χ0n) is 23.3. The predicted molar refractivity (Wildman–Crippen MR) is 152 cm³/mol. The van der Waals surface area contributed by atoms with Crippen molar-refractivity contribution < 1.29 is 0 Å². The fourth-order valence-electron chi connectivity index (χ4n) is 6.86. The summed E-state index contributed by atoms with van der Waals surface area (Å²) in [6, 6.07) is 7.63. The summed E-state index contributed by atoms with van der Waals surface area (Å²) in [5.41, 5.74) is 6.44. The molecule has 3 fully saturated rings. The van der Waals surface area contributed by atoms with E-state index in [0.29, 0.717) is 5.41 Å². The van der Waals surface area contributed by atoms with Crippen LogP contribution in [-0.2, 0) is 0 Å². The highest BCUT2D eigenvalue weighted by Crippen LogP contribution is 2.44. The van der Waals surface area contributed by atoms with Crippen molar-refractivity contribution in [2.75, 3.05) is 36.4 Å². The molecule has 2 atom stereocenters. The number of nitrogens with one attached hydrogen (secondary N) is 1. The van der Waals surface area contributed by atoms with Gasteiger partial charge in [-0.05, 0) is 88.3 Å². The topological polar surface area (TPSA) is 44.3 Å². The van der Waals surface area contributed by atoms with Gasteiger partial charge < -0.3 is 15.1 Å². The highest BCUT2D eigenvalue weighted by atomic mass is 15.3. The van der Waals surface area contributed by atoms with Gasteiger partial charge in [0.15, 0.2) is 0 Å². The quantitative estimate of drug-likeness (QED) is 0.479. The third kappa shape index (κ3) is 5.04. The van der Waals surface area contributed by atoms with Crippen molar-refractivity contribution in [1.82, 2.24) is 14.9 Å². The Balaban J connectivity index is 1.25. The van der Waals surface area contributed by atoms with Gasteiger partial charge in [-0.25, -0.2) is 4.98 Å². The van der Waals surface area contributed by atoms with E-state index in [0.717, 1.165) is 54.0 Å². The minimum atomic E-state index is 0.153. The highest BCUT2D eigenvalue weighted by Gasteiger charge is 2.43. The highest BCUT2D eigenvalue weighted by molar-refractivity contribution is 5.66. The van der Waals surface area contributed by atoms with E-state index in [1.54, 1.807) is 0 Å². The summed E-state index contributed by atoms with van der Waals surface area (Å²) in [4.78, 5) is 15.1. The molecule has 5 nitrogen and oxygen atoms in total. The first kappa shape index (κ1) is 25.3. The maximum atomic E-state index is 5.02. The van der Waals surface area contributed by atoms with Gasteiger partial charge in [0.05, 0.1) is 11.7 Å². The molecular weight excluding hydrogens is 442 g/mol. The number of hydrogen-bond acceptors (Lipinski definition) is 5. The summed E-state index contributed by atoms with van der Waals surface area (Å²) in [5.74, 6) is 3.32. The molecule has 0 bridgehead atoms. The molecule has 36 heavy (non-hydrogen) atoms. The van der Waals surface area contributed by atoms with Gasteiger partial charge in [0.25, 0.3) is 0 Å². The van der Waals surface area contributed by atoms with Crippen molar-refractivity contribution in [2.45, 2.75) is 79.3 Å². The van der Waals surface area contributed by atoms with E-state index in [1.165, 1.54) is 55.5 Å². The molecule has 0 amide bonds. The van der Waals surface area contributed by atoms with E-state index in [-0.39, 0.29) is 6.04 Å². The zero-order chi connectivity index (χ0) is 25.6. The molecule has 1 aromatic carbocycles. The molecule has 0 radical (unpaired) electrons. The lowest BCUT2D eigenvalue weighted by atomic mass is 9.67. The number of nitrogens with zero attached hydrogens (tertiary/aromatic N) is 4. The van der Waals surface area contributed by atoms with Crippen LogP contribution in [0.3, 0.4) is 0 Å². The first-order valence-electron chi connectivity index (χ1n) is 14.0. The number of aryl methyl sites for hydroxylation is 3. The summed E-state index contributed by atoms with van der Waals surface area (Å²) in [5, 5.41) is 3.68. The third-order valence-electron chi connectivity index (χ3n) is 9.01. The second-order valence-corrected chi connectivity index (χ2v) is 12.6. The molecule has 1 aliphatic carbocycles. The largest absolute Gasteiger partial charge is 0.363 e. The minimum absolute atomic E-state index is 0.153. The Morgan fingerprint density at radius 2 is 1.83 bits per heavy atom. The Labute approximate surface area is 218 Å². The number of likely N-dealkylation sites (tertiary alicyclic amines) is 1. The first-order chi connectivity index (χ1) is 17.1. The van der Waals surface area contributed by atoms with Gasteiger partial charge in [0.2, 0.25) is 5.95 Å². The normalized spacial score (nSPS) is 23.6. The van der Waals surface area contributed by atoms with Crippen molar-refractivity contribution in [3.63, 3.8) is 0 Å². The average Bonchev–Trinajstić information content (AvgIpc) is 2.76. The van der Waals surface area contributed by atoms with Crippen molar-refractivity contribution >= 4 is 17.8 Å². The molecule has 2 aliphatic heterocycles. The van der Waals surface area contributed by atoms with Crippen molar-refractivity contribution in [1.29, 1.82) is 0 Å². The first-order valence-corrected chi connectivity index (χ1v) is 14.0. The van der Waals surface area contributed by atoms with Gasteiger partial charge in [-0.1, -0.05) is 50.3 Å². The predicted octanol–water partition coefficient (Wildman–Crippen LogP) is 6.55. The molecule has 5 heteroatoms. The average molecular weight is 488 g/mol. The van der Waals surface area contributed by atoms with Crippen LogP contribution in [0.5, 0.6) is 0 Å². The third-order valence-corrected chi connectivity index (χ3v) is 9.01. The van der Waals surface area contributed by atoms with E-state index < -0.39 is 0 Å². The number of piperidine rings is 1. The lowest BCUT2D eigenvalue weighted by molar-refractivity contribution is -0.00913. The summed E-state index contributed by atoms with van der Waals surface area (Å²) in [6.45, 7) is 22.2. The van der Waals surface area contributed by atoms with Crippen molar-refractivity contribution in [3.05, 3.63) is 52.7 Å². The van der Waals surface area contributed by atoms with Crippen LogP contribution in [0, 0.1) is 38.0 Å². The smallest absolute Gasteiger partial charge is 0.227 e. The SMILES string of the molecule is C=Cc1c(C)nc(N2CC([C@H]3CCCN(C4CC(C)(C)C4)C3)C2)nc1N[C@H](C)c1ccc(C)cc1C. The number of hydrogen-bond donors (Lipinski definition) is 1. The van der Waals surface area contributed by atoms with Crippen LogP contribution < -0.4 is 10.2 Å². The van der Waals surface area contributed by atoms with Gasteiger partial charge in [-0.15, -0.1) is 0 Å². The molecule has 2 saturated heterocycles. The molecule has 3 aliphatic rings. The zero-order valence-corrected chi connectivity index (χ0v) is 23.3. The summed E-state index contributed by atoms with van der Waals surface area (Å²) >= 11 is 0. The fourth-order valence-corrected chi connectivity index (χ4v) is 6.86. The van der Waals surface area contributed by atoms with Crippen LogP contribution in [0.1, 0.15) is 80.4 Å². The number of benzene rings is 1. The second kappa shape index (κ2) is 9.81. The molecule has 1 N–H and O–H groups in total. The summed E-state index contributed by atoms with van der Waals surface area (Å²) in [7, 11) is 0. The Hall–Kier alpha value is -2.40. The number of rotatable bonds is 7. The summed E-state index contributed by atoms with van der Waals surface area (Å²) in [6.07, 6.45) is 7.35. The van der Waals surface area contributed by atoms with Gasteiger partial charge in [0.1, 0.15) is 5.82 Å². The van der Waals surface area contributed by atoms with E-state index >= 15 is 0 Å². The summed E-state index contributed by atoms with van der Waals surface area (Å²) < 4.78 is 0. The molecule has 1 aromatic heterocycles. The maximum absolute atomic E-state index is 5.02. The molecule has 2 aromatic rings. The van der Waals surface area contributed by atoms with Gasteiger partial charge in [-0.2, -0.15) is 4.98 Å². The van der Waals surface area contributed by atoms with E-state index in [4.69, 9.17) is 9.97 Å². The fraction of sp³-hybridized carbons (Fsp3) is 0.613. The lowest BCUT2D eigenvalue weighted by Gasteiger charge is -2.53. The van der Waals surface area contributed by atoms with Gasteiger partial charge >= 0.3 is 0 Å². The number of anilines is 2. The molecule has 5 rings (SSSR count). The number of aromatic nitrogens is 2. The van der Waals surface area contributed by atoms with Crippen LogP contribution in [0.4, 0.5) is 11.8 Å². The molecular formula is C31H45N5. The molecule has 1 saturated carbocycles. The van der Waals surface area contributed by atoms with E-state index in [2.05, 4.69) is 81.4 Å². The van der Waals surface area contributed by atoms with Crippen LogP contribution in [0.2, 0.25) is 0 Å². The minimum Gasteiger partial charge on any atom is -0.363 e. The van der Waals surface area contributed by atoms with Crippen LogP contribution in [0.15, 0.2) is 24.8 Å². The molecule has 194 valence electrons. The lowest BCUT2D eigenvalue weighted by Crippen LogP contribution is -2.57. The van der Waals surface area contributed by atoms with Crippen LogP contribution in [-0.4, -0.2) is 47.1 Å². The molecule has 0 spiro atoms. The Bertz CT molecular complexity index is 1110. The van der Waals surface area contributed by atoms with Crippen LogP contribution in [0.25, 0.3) is 6.08 Å². The van der Waals surface area contributed by atoms with Gasteiger partial charge in [0, 0.05) is 31.2 Å².